The molecule has 0 fully saturated rings. The molecular weight excluding hydrogens is 443 g/mol. The Morgan fingerprint density at radius 1 is 1.03 bits per heavy atom. The molecule has 3 aromatic rings. The first kappa shape index (κ1) is 22.6. The van der Waals surface area contributed by atoms with Crippen LogP contribution in [0.15, 0.2) is 82.1 Å². The van der Waals surface area contributed by atoms with Crippen molar-refractivity contribution in [2.45, 2.75) is 10.9 Å². The van der Waals surface area contributed by atoms with Crippen LogP contribution in [0, 0.1) is 5.82 Å². The quantitative estimate of drug-likeness (QED) is 0.581. The first-order chi connectivity index (χ1) is 15.7. The molecule has 0 aromatic heterocycles. The maximum Gasteiger partial charge on any atom is 0.285 e. The molecule has 0 saturated heterocycles. The molecule has 0 spiro atoms. The van der Waals surface area contributed by atoms with Crippen molar-refractivity contribution in [2.24, 2.45) is 4.40 Å². The van der Waals surface area contributed by atoms with Gasteiger partial charge in [-0.25, -0.2) is 4.39 Å². The van der Waals surface area contributed by atoms with E-state index in [0.29, 0.717) is 23.4 Å². The molecule has 2 N–H and O–H groups in total. The zero-order chi connectivity index (χ0) is 23.6. The van der Waals surface area contributed by atoms with Crippen molar-refractivity contribution in [2.75, 3.05) is 26.0 Å². The summed E-state index contributed by atoms with van der Waals surface area (Å²) in [5.41, 5.74) is 2.32. The Morgan fingerprint density at radius 3 is 2.45 bits per heavy atom. The van der Waals surface area contributed by atoms with Gasteiger partial charge in [-0.2, -0.15) is 8.42 Å². The van der Waals surface area contributed by atoms with Gasteiger partial charge in [0.1, 0.15) is 10.7 Å². The summed E-state index contributed by atoms with van der Waals surface area (Å²) in [7, 11) is 0.0238. The Bertz CT molecular complexity index is 1320. The molecule has 170 valence electrons. The van der Waals surface area contributed by atoms with E-state index in [9.17, 15) is 17.6 Å². The number of sulfonamides is 1. The van der Waals surface area contributed by atoms with Crippen LogP contribution in [-0.4, -0.2) is 45.7 Å². The number of halogens is 1. The van der Waals surface area contributed by atoms with Crippen molar-refractivity contribution in [3.8, 4) is 0 Å². The standard InChI is InChI=1S/C24H23FN4O3S/c1-29(2)21(17-6-5-7-18(25)14-17)15-26-24(30)16-10-12-19(13-11-16)27-23-20-8-3-4-9-22(20)33(31,32)28-23/h3-14,21H,15H2,1-2H3,(H,26,30)(H,27,28). The van der Waals surface area contributed by atoms with Gasteiger partial charge in [-0.1, -0.05) is 24.3 Å². The Kier molecular flexibility index (Phi) is 6.26. The smallest absolute Gasteiger partial charge is 0.285 e. The van der Waals surface area contributed by atoms with Crippen LogP contribution in [0.2, 0.25) is 0 Å². The minimum atomic E-state index is -3.71. The number of amides is 1. The van der Waals surface area contributed by atoms with Crippen molar-refractivity contribution < 1.29 is 17.6 Å². The molecule has 1 amide bonds. The zero-order valence-electron chi connectivity index (χ0n) is 18.1. The number of likely N-dealkylation sites (N-methyl/N-ethyl adjacent to an activating group) is 1. The SMILES string of the molecule is CN(C)C(CNC(=O)c1ccc(NC2=NS(=O)(=O)c3ccccc32)cc1)c1cccc(F)c1. The number of anilines is 1. The number of hydrogen-bond acceptors (Lipinski definition) is 5. The van der Waals surface area contributed by atoms with Gasteiger partial charge < -0.3 is 15.5 Å². The van der Waals surface area contributed by atoms with Crippen molar-refractivity contribution >= 4 is 27.5 Å². The van der Waals surface area contributed by atoms with Gasteiger partial charge in [-0.05, 0) is 68.2 Å². The molecular formula is C24H23FN4O3S. The number of hydrogen-bond donors (Lipinski definition) is 2. The average Bonchev–Trinajstić information content (AvgIpc) is 3.04. The molecule has 0 radical (unpaired) electrons. The van der Waals surface area contributed by atoms with Crippen LogP contribution in [0.1, 0.15) is 27.5 Å². The van der Waals surface area contributed by atoms with E-state index in [0.717, 1.165) is 5.56 Å². The van der Waals surface area contributed by atoms with E-state index in [4.69, 9.17) is 0 Å². The molecule has 3 aromatic carbocycles. The summed E-state index contributed by atoms with van der Waals surface area (Å²) < 4.78 is 41.8. The highest BCUT2D eigenvalue weighted by atomic mass is 32.2. The summed E-state index contributed by atoms with van der Waals surface area (Å²) in [6.45, 7) is 0.306. The third-order valence-electron chi connectivity index (χ3n) is 5.35. The van der Waals surface area contributed by atoms with Gasteiger partial charge in [0.15, 0.2) is 5.84 Å². The minimum absolute atomic E-state index is 0.164. The van der Waals surface area contributed by atoms with Crippen LogP contribution >= 0.6 is 0 Å². The highest BCUT2D eigenvalue weighted by Gasteiger charge is 2.28. The van der Waals surface area contributed by atoms with Crippen LogP contribution in [0.5, 0.6) is 0 Å². The summed E-state index contributed by atoms with van der Waals surface area (Å²) in [5, 5.41) is 5.90. The van der Waals surface area contributed by atoms with Crippen LogP contribution in [-0.2, 0) is 10.0 Å². The van der Waals surface area contributed by atoms with Gasteiger partial charge in [-0.3, -0.25) is 4.79 Å². The van der Waals surface area contributed by atoms with Crippen molar-refractivity contribution in [1.29, 1.82) is 0 Å². The van der Waals surface area contributed by atoms with Gasteiger partial charge >= 0.3 is 0 Å². The van der Waals surface area contributed by atoms with E-state index in [-0.39, 0.29) is 28.5 Å². The summed E-state index contributed by atoms with van der Waals surface area (Å²) in [6, 6.07) is 19.4. The average molecular weight is 467 g/mol. The van der Waals surface area contributed by atoms with Crippen LogP contribution in [0.3, 0.4) is 0 Å². The monoisotopic (exact) mass is 466 g/mol. The molecule has 0 saturated carbocycles. The molecule has 1 aliphatic rings. The minimum Gasteiger partial charge on any atom is -0.350 e. The van der Waals surface area contributed by atoms with E-state index in [1.807, 2.05) is 25.1 Å². The second-order valence-electron chi connectivity index (χ2n) is 7.86. The van der Waals surface area contributed by atoms with Gasteiger partial charge in [0, 0.05) is 23.4 Å². The second-order valence-corrected chi connectivity index (χ2v) is 9.43. The van der Waals surface area contributed by atoms with E-state index in [1.54, 1.807) is 48.5 Å². The van der Waals surface area contributed by atoms with E-state index in [2.05, 4.69) is 15.0 Å². The molecule has 1 atom stereocenters. The largest absolute Gasteiger partial charge is 0.350 e. The van der Waals surface area contributed by atoms with Crippen LogP contribution < -0.4 is 10.6 Å². The predicted molar refractivity (Wildman–Crippen MR) is 125 cm³/mol. The molecule has 0 bridgehead atoms. The van der Waals surface area contributed by atoms with Crippen molar-refractivity contribution in [3.05, 3.63) is 95.3 Å². The fourth-order valence-electron chi connectivity index (χ4n) is 3.64. The summed E-state index contributed by atoms with van der Waals surface area (Å²) in [5.74, 6) is -0.348. The molecule has 9 heteroatoms. The van der Waals surface area contributed by atoms with Crippen molar-refractivity contribution in [3.63, 3.8) is 0 Å². The summed E-state index contributed by atoms with van der Waals surface area (Å²) >= 11 is 0. The number of carbonyl (C=O) groups excluding carboxylic acids is 1. The van der Waals surface area contributed by atoms with E-state index < -0.39 is 10.0 Å². The van der Waals surface area contributed by atoms with Gasteiger partial charge in [0.25, 0.3) is 15.9 Å². The predicted octanol–water partition coefficient (Wildman–Crippen LogP) is 3.42. The maximum atomic E-state index is 13.6. The normalized spacial score (nSPS) is 15.0. The molecule has 0 aliphatic carbocycles. The molecule has 1 heterocycles. The third-order valence-corrected chi connectivity index (χ3v) is 6.69. The molecule has 33 heavy (non-hydrogen) atoms. The maximum absolute atomic E-state index is 13.6. The first-order valence-corrected chi connectivity index (χ1v) is 11.7. The van der Waals surface area contributed by atoms with Crippen LogP contribution in [0.4, 0.5) is 10.1 Å². The lowest BCUT2D eigenvalue weighted by Gasteiger charge is -2.25. The number of rotatable bonds is 6. The topological polar surface area (TPSA) is 90.9 Å². The number of nitrogens with zero attached hydrogens (tertiary/aromatic N) is 2. The lowest BCUT2D eigenvalue weighted by atomic mass is 10.1. The molecule has 1 unspecified atom stereocenters. The Labute approximate surface area is 192 Å². The van der Waals surface area contributed by atoms with Crippen molar-refractivity contribution in [1.82, 2.24) is 10.2 Å². The summed E-state index contributed by atoms with van der Waals surface area (Å²) in [6.07, 6.45) is 0. The lowest BCUT2D eigenvalue weighted by molar-refractivity contribution is 0.0942. The number of nitrogens with one attached hydrogen (secondary N) is 2. The van der Waals surface area contributed by atoms with Gasteiger partial charge in [0.2, 0.25) is 0 Å². The van der Waals surface area contributed by atoms with Gasteiger partial charge in [-0.15, -0.1) is 4.40 Å². The number of benzene rings is 3. The molecule has 7 nitrogen and oxygen atoms in total. The number of carbonyl (C=O) groups is 1. The van der Waals surface area contributed by atoms with E-state index >= 15 is 0 Å². The highest BCUT2D eigenvalue weighted by Crippen LogP contribution is 2.26. The fraction of sp³-hybridized carbons (Fsp3) is 0.167. The zero-order valence-corrected chi connectivity index (χ0v) is 18.9. The second kappa shape index (κ2) is 9.13. The number of amidine groups is 1. The summed E-state index contributed by atoms with van der Waals surface area (Å²) in [4.78, 5) is 14.7. The Morgan fingerprint density at radius 2 is 1.76 bits per heavy atom. The van der Waals surface area contributed by atoms with Crippen LogP contribution in [0.25, 0.3) is 0 Å². The third kappa shape index (κ3) is 4.94. The Hall–Kier alpha value is -3.56. The fourth-order valence-corrected chi connectivity index (χ4v) is 4.82. The highest BCUT2D eigenvalue weighted by molar-refractivity contribution is 7.90. The van der Waals surface area contributed by atoms with Gasteiger partial charge in [0.05, 0.1) is 6.04 Å². The molecule has 4 rings (SSSR count). The lowest BCUT2D eigenvalue weighted by Crippen LogP contribution is -2.34. The Balaban J connectivity index is 1.43. The first-order valence-electron chi connectivity index (χ1n) is 10.3. The van der Waals surface area contributed by atoms with E-state index in [1.165, 1.54) is 18.2 Å². The molecule has 1 aliphatic heterocycles. The number of fused-ring (bicyclic) bond motifs is 1.